The predicted octanol–water partition coefficient (Wildman–Crippen LogP) is 3.95. The Morgan fingerprint density at radius 1 is 0.917 bits per heavy atom. The van der Waals surface area contributed by atoms with Gasteiger partial charge in [-0.2, -0.15) is 0 Å². The third-order valence-corrected chi connectivity index (χ3v) is 3.59. The Labute approximate surface area is 140 Å². The highest BCUT2D eigenvalue weighted by Gasteiger charge is 2.04. The monoisotopic (exact) mass is 319 g/mol. The van der Waals surface area contributed by atoms with Crippen LogP contribution in [0.25, 0.3) is 11.1 Å². The third kappa shape index (κ3) is 4.20. The molecule has 3 aromatic rings. The highest BCUT2D eigenvalue weighted by atomic mass is 16.5. The molecule has 0 bridgehead atoms. The molecule has 0 aliphatic rings. The molecule has 0 unspecified atom stereocenters. The van der Waals surface area contributed by atoms with E-state index in [1.54, 1.807) is 12.3 Å². The first kappa shape index (κ1) is 15.7. The number of aliphatic carboxylic acids is 1. The zero-order valence-corrected chi connectivity index (χ0v) is 13.1. The molecule has 0 saturated heterocycles. The summed E-state index contributed by atoms with van der Waals surface area (Å²) in [5, 5.41) is 8.76. The minimum Gasteiger partial charge on any atom is -0.489 e. The van der Waals surface area contributed by atoms with E-state index in [-0.39, 0.29) is 6.42 Å². The van der Waals surface area contributed by atoms with Crippen molar-refractivity contribution in [2.75, 3.05) is 0 Å². The van der Waals surface area contributed by atoms with Crippen LogP contribution >= 0.6 is 0 Å². The van der Waals surface area contributed by atoms with Crippen molar-refractivity contribution in [3.05, 3.63) is 84.2 Å². The second kappa shape index (κ2) is 7.42. The van der Waals surface area contributed by atoms with Crippen molar-refractivity contribution in [3.63, 3.8) is 0 Å². The zero-order chi connectivity index (χ0) is 16.8. The standard InChI is InChI=1S/C20H17NO3/c22-20(23)12-18-9-6-17(13-21-18)16-7-10-19(11-8-16)24-14-15-4-2-1-3-5-15/h1-11,13H,12,14H2,(H,22,23). The van der Waals surface area contributed by atoms with Crippen LogP contribution in [0.2, 0.25) is 0 Å². The van der Waals surface area contributed by atoms with Crippen molar-refractivity contribution in [1.82, 2.24) is 4.98 Å². The van der Waals surface area contributed by atoms with E-state index in [4.69, 9.17) is 9.84 Å². The number of carboxylic acids is 1. The first-order valence-electron chi connectivity index (χ1n) is 7.64. The fraction of sp³-hybridized carbons (Fsp3) is 0.100. The zero-order valence-electron chi connectivity index (χ0n) is 13.1. The summed E-state index contributed by atoms with van der Waals surface area (Å²) in [4.78, 5) is 14.9. The number of benzene rings is 2. The number of aromatic nitrogens is 1. The van der Waals surface area contributed by atoms with E-state index in [9.17, 15) is 4.79 Å². The van der Waals surface area contributed by atoms with Crippen LogP contribution < -0.4 is 4.74 Å². The molecule has 0 radical (unpaired) electrons. The number of ether oxygens (including phenoxy) is 1. The van der Waals surface area contributed by atoms with Gasteiger partial charge in [0.25, 0.3) is 0 Å². The molecule has 4 nitrogen and oxygen atoms in total. The van der Waals surface area contributed by atoms with E-state index < -0.39 is 5.97 Å². The molecule has 2 aromatic carbocycles. The van der Waals surface area contributed by atoms with Crippen molar-refractivity contribution >= 4 is 5.97 Å². The molecule has 0 atom stereocenters. The number of carboxylic acid groups (broad SMARTS) is 1. The molecule has 0 spiro atoms. The van der Waals surface area contributed by atoms with Gasteiger partial charge in [0.2, 0.25) is 0 Å². The van der Waals surface area contributed by atoms with Gasteiger partial charge in [0.05, 0.1) is 12.1 Å². The Morgan fingerprint density at radius 3 is 2.25 bits per heavy atom. The molecule has 0 fully saturated rings. The van der Waals surface area contributed by atoms with Crippen LogP contribution in [-0.2, 0) is 17.8 Å². The van der Waals surface area contributed by atoms with E-state index in [2.05, 4.69) is 4.98 Å². The lowest BCUT2D eigenvalue weighted by Crippen LogP contribution is -2.01. The molecule has 0 saturated carbocycles. The van der Waals surface area contributed by atoms with Crippen LogP contribution in [0, 0.1) is 0 Å². The van der Waals surface area contributed by atoms with E-state index in [1.165, 1.54) is 0 Å². The van der Waals surface area contributed by atoms with E-state index in [0.29, 0.717) is 12.3 Å². The summed E-state index contributed by atoms with van der Waals surface area (Å²) >= 11 is 0. The summed E-state index contributed by atoms with van der Waals surface area (Å²) in [5.74, 6) is -0.0757. The van der Waals surface area contributed by atoms with Gasteiger partial charge in [-0.3, -0.25) is 9.78 Å². The number of hydrogen-bond donors (Lipinski definition) is 1. The Bertz CT molecular complexity index is 797. The Balaban J connectivity index is 1.64. The largest absolute Gasteiger partial charge is 0.489 e. The van der Waals surface area contributed by atoms with Gasteiger partial charge in [0.1, 0.15) is 12.4 Å². The summed E-state index contributed by atoms with van der Waals surface area (Å²) in [6, 6.07) is 21.4. The van der Waals surface area contributed by atoms with E-state index in [1.807, 2.05) is 60.7 Å². The van der Waals surface area contributed by atoms with Gasteiger partial charge in [0, 0.05) is 11.8 Å². The molecule has 0 aliphatic carbocycles. The highest BCUT2D eigenvalue weighted by Crippen LogP contribution is 2.22. The van der Waals surface area contributed by atoms with Gasteiger partial charge in [0.15, 0.2) is 0 Å². The number of pyridine rings is 1. The fourth-order valence-electron chi connectivity index (χ4n) is 2.34. The van der Waals surface area contributed by atoms with Crippen LogP contribution in [0.5, 0.6) is 5.75 Å². The molecule has 0 amide bonds. The molecule has 1 N–H and O–H groups in total. The van der Waals surface area contributed by atoms with Crippen molar-refractivity contribution < 1.29 is 14.6 Å². The van der Waals surface area contributed by atoms with Gasteiger partial charge in [-0.25, -0.2) is 0 Å². The van der Waals surface area contributed by atoms with E-state index in [0.717, 1.165) is 22.4 Å². The molecule has 1 heterocycles. The molecule has 3 rings (SSSR count). The van der Waals surface area contributed by atoms with Crippen LogP contribution in [0.1, 0.15) is 11.3 Å². The van der Waals surface area contributed by atoms with Crippen molar-refractivity contribution in [2.45, 2.75) is 13.0 Å². The molecule has 0 aliphatic heterocycles. The normalized spacial score (nSPS) is 10.3. The topological polar surface area (TPSA) is 59.4 Å². The minimum atomic E-state index is -0.879. The lowest BCUT2D eigenvalue weighted by molar-refractivity contribution is -0.136. The average Bonchev–Trinajstić information content (AvgIpc) is 2.62. The summed E-state index contributed by atoms with van der Waals surface area (Å²) in [6.07, 6.45) is 1.63. The molecule has 4 heteroatoms. The minimum absolute atomic E-state index is 0.0630. The van der Waals surface area contributed by atoms with Crippen molar-refractivity contribution in [1.29, 1.82) is 0 Å². The van der Waals surface area contributed by atoms with Crippen molar-refractivity contribution in [2.24, 2.45) is 0 Å². The van der Waals surface area contributed by atoms with Gasteiger partial charge in [-0.15, -0.1) is 0 Å². The van der Waals surface area contributed by atoms with Gasteiger partial charge < -0.3 is 9.84 Å². The first-order chi connectivity index (χ1) is 11.7. The average molecular weight is 319 g/mol. The molecule has 120 valence electrons. The van der Waals surface area contributed by atoms with Gasteiger partial charge in [-0.1, -0.05) is 48.5 Å². The van der Waals surface area contributed by atoms with Crippen LogP contribution in [0.4, 0.5) is 0 Å². The molecule has 24 heavy (non-hydrogen) atoms. The third-order valence-electron chi connectivity index (χ3n) is 3.59. The fourth-order valence-corrected chi connectivity index (χ4v) is 2.34. The quantitative estimate of drug-likeness (QED) is 0.747. The maximum Gasteiger partial charge on any atom is 0.309 e. The van der Waals surface area contributed by atoms with Crippen LogP contribution in [0.15, 0.2) is 72.9 Å². The predicted molar refractivity (Wildman–Crippen MR) is 91.8 cm³/mol. The maximum atomic E-state index is 10.7. The van der Waals surface area contributed by atoms with Crippen LogP contribution in [-0.4, -0.2) is 16.1 Å². The molecular weight excluding hydrogens is 302 g/mol. The Kier molecular flexibility index (Phi) is 4.87. The van der Waals surface area contributed by atoms with Gasteiger partial charge in [-0.05, 0) is 29.3 Å². The lowest BCUT2D eigenvalue weighted by atomic mass is 10.1. The number of nitrogens with zero attached hydrogens (tertiary/aromatic N) is 1. The second-order valence-electron chi connectivity index (χ2n) is 5.41. The van der Waals surface area contributed by atoms with E-state index >= 15 is 0 Å². The number of hydrogen-bond acceptors (Lipinski definition) is 3. The molecule has 1 aromatic heterocycles. The SMILES string of the molecule is O=C(O)Cc1ccc(-c2ccc(OCc3ccccc3)cc2)cn1. The first-order valence-corrected chi connectivity index (χ1v) is 7.64. The summed E-state index contributed by atoms with van der Waals surface area (Å²) in [6.45, 7) is 0.533. The van der Waals surface area contributed by atoms with Crippen LogP contribution in [0.3, 0.4) is 0 Å². The smallest absolute Gasteiger partial charge is 0.309 e. The number of carbonyl (C=O) groups is 1. The summed E-state index contributed by atoms with van der Waals surface area (Å²) < 4.78 is 5.76. The lowest BCUT2D eigenvalue weighted by Gasteiger charge is -2.08. The second-order valence-corrected chi connectivity index (χ2v) is 5.41. The number of rotatable bonds is 6. The van der Waals surface area contributed by atoms with Gasteiger partial charge >= 0.3 is 5.97 Å². The Hall–Kier alpha value is -3.14. The Morgan fingerprint density at radius 2 is 1.62 bits per heavy atom. The maximum absolute atomic E-state index is 10.7. The summed E-state index contributed by atoms with van der Waals surface area (Å²) in [5.41, 5.74) is 3.63. The molecular formula is C20H17NO3. The summed E-state index contributed by atoms with van der Waals surface area (Å²) in [7, 11) is 0. The highest BCUT2D eigenvalue weighted by molar-refractivity contribution is 5.70. The van der Waals surface area contributed by atoms with Crippen molar-refractivity contribution in [3.8, 4) is 16.9 Å².